The topological polar surface area (TPSA) is 77.1 Å². The van der Waals surface area contributed by atoms with Crippen LogP contribution in [0.2, 0.25) is 0 Å². The van der Waals surface area contributed by atoms with E-state index in [2.05, 4.69) is 15.4 Å². The molecule has 1 aromatic heterocycles. The Morgan fingerprint density at radius 2 is 1.81 bits per heavy atom. The molecule has 6 nitrogen and oxygen atoms in total. The summed E-state index contributed by atoms with van der Waals surface area (Å²) < 4.78 is 10.6. The lowest BCUT2D eigenvalue weighted by Gasteiger charge is -2.12. The van der Waals surface area contributed by atoms with Gasteiger partial charge in [0.05, 0.1) is 13.2 Å². The lowest BCUT2D eigenvalue weighted by Crippen LogP contribution is -2.07. The van der Waals surface area contributed by atoms with Gasteiger partial charge in [-0.05, 0) is 51.0 Å². The van der Waals surface area contributed by atoms with Crippen LogP contribution in [0.4, 0.5) is 0 Å². The van der Waals surface area contributed by atoms with Crippen molar-refractivity contribution in [2.45, 2.75) is 27.7 Å². The van der Waals surface area contributed by atoms with Crippen LogP contribution in [0.5, 0.6) is 5.75 Å². The van der Waals surface area contributed by atoms with Crippen molar-refractivity contribution in [2.24, 2.45) is 0 Å². The number of hydrogen-bond donors (Lipinski definition) is 1. The smallest absolute Gasteiger partial charge is 0.361 e. The van der Waals surface area contributed by atoms with Gasteiger partial charge >= 0.3 is 5.97 Å². The molecule has 0 aliphatic heterocycles. The number of hydrogen-bond acceptors (Lipinski definition) is 5. The van der Waals surface area contributed by atoms with E-state index >= 15 is 0 Å². The number of aryl methyl sites for hydroxylation is 2. The maximum atomic E-state index is 11.9. The molecular formula is C15H19N3O3. The number of esters is 1. The van der Waals surface area contributed by atoms with E-state index in [9.17, 15) is 4.79 Å². The van der Waals surface area contributed by atoms with Gasteiger partial charge in [-0.25, -0.2) is 4.79 Å². The molecule has 1 aromatic carbocycles. The van der Waals surface area contributed by atoms with Gasteiger partial charge in [-0.15, -0.1) is 5.10 Å². The monoisotopic (exact) mass is 289 g/mol. The third kappa shape index (κ3) is 3.04. The number of aromatic nitrogens is 3. The fraction of sp³-hybridized carbons (Fsp3) is 0.400. The van der Waals surface area contributed by atoms with Crippen molar-refractivity contribution >= 4 is 5.97 Å². The SMILES string of the molecule is CCOC(=O)c1n[nH]nc1-c1cc(C)c(OCC)c(C)c1. The fourth-order valence-electron chi connectivity index (χ4n) is 2.23. The summed E-state index contributed by atoms with van der Waals surface area (Å²) in [4.78, 5) is 11.9. The molecule has 0 saturated carbocycles. The Hall–Kier alpha value is -2.37. The van der Waals surface area contributed by atoms with E-state index in [1.807, 2.05) is 32.9 Å². The molecular weight excluding hydrogens is 270 g/mol. The van der Waals surface area contributed by atoms with E-state index in [0.717, 1.165) is 22.4 Å². The molecule has 1 heterocycles. The molecule has 21 heavy (non-hydrogen) atoms. The number of carbonyl (C=O) groups is 1. The van der Waals surface area contributed by atoms with Gasteiger partial charge < -0.3 is 9.47 Å². The summed E-state index contributed by atoms with van der Waals surface area (Å²) in [6, 6.07) is 3.86. The quantitative estimate of drug-likeness (QED) is 0.856. The highest BCUT2D eigenvalue weighted by atomic mass is 16.5. The maximum Gasteiger partial charge on any atom is 0.361 e. The second-order valence-electron chi connectivity index (χ2n) is 4.61. The zero-order chi connectivity index (χ0) is 15.4. The molecule has 6 heteroatoms. The average Bonchev–Trinajstić information content (AvgIpc) is 2.92. The number of benzene rings is 1. The Bertz CT molecular complexity index is 626. The molecule has 0 radical (unpaired) electrons. The second-order valence-corrected chi connectivity index (χ2v) is 4.61. The van der Waals surface area contributed by atoms with E-state index in [4.69, 9.17) is 9.47 Å². The largest absolute Gasteiger partial charge is 0.493 e. The average molecular weight is 289 g/mol. The Morgan fingerprint density at radius 3 is 2.38 bits per heavy atom. The van der Waals surface area contributed by atoms with E-state index in [1.54, 1.807) is 6.92 Å². The zero-order valence-electron chi connectivity index (χ0n) is 12.7. The van der Waals surface area contributed by atoms with Crippen LogP contribution >= 0.6 is 0 Å². The van der Waals surface area contributed by atoms with Gasteiger partial charge in [0.15, 0.2) is 5.69 Å². The molecule has 0 aliphatic rings. The first kappa shape index (κ1) is 15.0. The van der Waals surface area contributed by atoms with Gasteiger partial charge in [-0.2, -0.15) is 10.3 Å². The summed E-state index contributed by atoms with van der Waals surface area (Å²) >= 11 is 0. The molecule has 0 aliphatic carbocycles. The molecule has 2 rings (SSSR count). The summed E-state index contributed by atoms with van der Waals surface area (Å²) in [5.74, 6) is 0.382. The van der Waals surface area contributed by atoms with E-state index in [1.165, 1.54) is 0 Å². The van der Waals surface area contributed by atoms with Crippen LogP contribution in [0.25, 0.3) is 11.3 Å². The van der Waals surface area contributed by atoms with Crippen LogP contribution in [-0.4, -0.2) is 34.6 Å². The molecule has 112 valence electrons. The molecule has 0 amide bonds. The third-order valence-electron chi connectivity index (χ3n) is 3.04. The molecule has 0 fully saturated rings. The van der Waals surface area contributed by atoms with Gasteiger partial charge in [0.2, 0.25) is 0 Å². The molecule has 0 atom stereocenters. The summed E-state index contributed by atoms with van der Waals surface area (Å²) in [5.41, 5.74) is 3.47. The maximum absolute atomic E-state index is 11.9. The first-order valence-corrected chi connectivity index (χ1v) is 6.90. The molecule has 0 spiro atoms. The molecule has 0 bridgehead atoms. The van der Waals surface area contributed by atoms with Crippen LogP contribution in [0, 0.1) is 13.8 Å². The van der Waals surface area contributed by atoms with Crippen LogP contribution < -0.4 is 4.74 Å². The van der Waals surface area contributed by atoms with Crippen molar-refractivity contribution in [3.05, 3.63) is 29.0 Å². The van der Waals surface area contributed by atoms with Gasteiger partial charge in [-0.1, -0.05) is 0 Å². The number of ether oxygens (including phenoxy) is 2. The molecule has 0 unspecified atom stereocenters. The van der Waals surface area contributed by atoms with Crippen LogP contribution in [0.3, 0.4) is 0 Å². The molecule has 2 aromatic rings. The summed E-state index contributed by atoms with van der Waals surface area (Å²) in [5, 5.41) is 10.4. The van der Waals surface area contributed by atoms with Gasteiger partial charge in [-0.3, -0.25) is 0 Å². The van der Waals surface area contributed by atoms with Crippen molar-refractivity contribution in [2.75, 3.05) is 13.2 Å². The van der Waals surface area contributed by atoms with E-state index in [-0.39, 0.29) is 5.69 Å². The van der Waals surface area contributed by atoms with Gasteiger partial charge in [0, 0.05) is 5.56 Å². The third-order valence-corrected chi connectivity index (χ3v) is 3.04. The van der Waals surface area contributed by atoms with Crippen molar-refractivity contribution in [1.82, 2.24) is 15.4 Å². The number of aromatic amines is 1. The Kier molecular flexibility index (Phi) is 4.57. The lowest BCUT2D eigenvalue weighted by atomic mass is 10.0. The highest BCUT2D eigenvalue weighted by Crippen LogP contribution is 2.30. The van der Waals surface area contributed by atoms with E-state index < -0.39 is 5.97 Å². The molecule has 0 saturated heterocycles. The first-order chi connectivity index (χ1) is 10.1. The fourth-order valence-corrected chi connectivity index (χ4v) is 2.23. The van der Waals surface area contributed by atoms with Gasteiger partial charge in [0.25, 0.3) is 0 Å². The van der Waals surface area contributed by atoms with Gasteiger partial charge in [0.1, 0.15) is 11.4 Å². The number of H-pyrrole nitrogens is 1. The number of rotatable bonds is 5. The van der Waals surface area contributed by atoms with Crippen molar-refractivity contribution in [1.29, 1.82) is 0 Å². The summed E-state index contributed by atoms with van der Waals surface area (Å²) in [6.45, 7) is 8.54. The number of nitrogens with zero attached hydrogens (tertiary/aromatic N) is 2. The normalized spacial score (nSPS) is 10.5. The van der Waals surface area contributed by atoms with Crippen LogP contribution in [0.15, 0.2) is 12.1 Å². The molecule has 1 N–H and O–H groups in total. The van der Waals surface area contributed by atoms with E-state index in [0.29, 0.717) is 18.9 Å². The zero-order valence-corrected chi connectivity index (χ0v) is 12.7. The first-order valence-electron chi connectivity index (χ1n) is 6.90. The Morgan fingerprint density at radius 1 is 1.14 bits per heavy atom. The Balaban J connectivity index is 2.44. The van der Waals surface area contributed by atoms with Crippen molar-refractivity contribution in [3.8, 4) is 17.0 Å². The summed E-state index contributed by atoms with van der Waals surface area (Å²) in [6.07, 6.45) is 0. The second kappa shape index (κ2) is 6.39. The van der Waals surface area contributed by atoms with Crippen molar-refractivity contribution < 1.29 is 14.3 Å². The highest BCUT2D eigenvalue weighted by Gasteiger charge is 2.20. The summed E-state index contributed by atoms with van der Waals surface area (Å²) in [7, 11) is 0. The number of nitrogens with one attached hydrogen (secondary N) is 1. The predicted molar refractivity (Wildman–Crippen MR) is 78.4 cm³/mol. The van der Waals surface area contributed by atoms with Crippen LogP contribution in [-0.2, 0) is 4.74 Å². The number of carbonyl (C=O) groups excluding carboxylic acids is 1. The minimum atomic E-state index is -0.481. The Labute approximate surface area is 123 Å². The predicted octanol–water partition coefficient (Wildman–Crippen LogP) is 2.66. The minimum Gasteiger partial charge on any atom is -0.493 e. The minimum absolute atomic E-state index is 0.194. The van der Waals surface area contributed by atoms with Crippen LogP contribution in [0.1, 0.15) is 35.5 Å². The van der Waals surface area contributed by atoms with Crippen molar-refractivity contribution in [3.63, 3.8) is 0 Å². The highest BCUT2D eigenvalue weighted by molar-refractivity contribution is 5.94. The lowest BCUT2D eigenvalue weighted by molar-refractivity contribution is 0.0520. The standard InChI is InChI=1S/C15H19N3O3/c1-5-20-14-9(3)7-11(8-10(14)4)12-13(17-18-16-12)15(19)21-6-2/h7-8H,5-6H2,1-4H3,(H,16,17,18).